The van der Waals surface area contributed by atoms with Crippen LogP contribution < -0.4 is 0 Å². The summed E-state index contributed by atoms with van der Waals surface area (Å²) >= 11 is 0. The van der Waals surface area contributed by atoms with Crippen LogP contribution in [0.3, 0.4) is 0 Å². The van der Waals surface area contributed by atoms with Gasteiger partial charge >= 0.3 is 0 Å². The molecular formula is C29H48O3. The first-order chi connectivity index (χ1) is 15.5. The topological polar surface area (TPSA) is 46.5 Å². The van der Waals surface area contributed by atoms with Crippen LogP contribution in [-0.2, 0) is 22.6 Å². The van der Waals surface area contributed by atoms with Gasteiger partial charge in [0.25, 0.3) is 0 Å². The van der Waals surface area contributed by atoms with E-state index in [1.807, 2.05) is 6.92 Å². The average Bonchev–Trinajstić information content (AvgIpc) is 2.81. The van der Waals surface area contributed by atoms with E-state index in [2.05, 4.69) is 31.7 Å². The number of aliphatic hydroxyl groups excluding tert-OH is 1. The lowest BCUT2D eigenvalue weighted by atomic mass is 9.68. The maximum Gasteiger partial charge on any atom is 0.116 e. The number of hydrogen-bond acceptors (Lipinski definition) is 3. The van der Waals surface area contributed by atoms with Crippen molar-refractivity contribution >= 4 is 6.29 Å². The second kappa shape index (κ2) is 17.1. The molecule has 0 amide bonds. The summed E-state index contributed by atoms with van der Waals surface area (Å²) in [6.07, 6.45) is 16.0. The molecule has 0 spiro atoms. The number of hydrogen-bond donors (Lipinski definition) is 1. The highest BCUT2D eigenvalue weighted by molar-refractivity contribution is 5.44. The minimum atomic E-state index is 0.148. The summed E-state index contributed by atoms with van der Waals surface area (Å²) in [5.74, 6) is 3.68. The van der Waals surface area contributed by atoms with Gasteiger partial charge in [-0.05, 0) is 106 Å². The quantitative estimate of drug-likeness (QED) is 0.273. The molecule has 0 saturated heterocycles. The number of carbonyl (C=O) groups excluding carboxylic acids is 1. The molecule has 1 aromatic carbocycles. The fourth-order valence-corrected chi connectivity index (χ4v) is 5.37. The van der Waals surface area contributed by atoms with Crippen molar-refractivity contribution < 1.29 is 14.6 Å². The third-order valence-electron chi connectivity index (χ3n) is 7.17. The van der Waals surface area contributed by atoms with Crippen molar-refractivity contribution in [2.24, 2.45) is 17.8 Å². The number of rotatable bonds is 7. The molecule has 0 radical (unpaired) electrons. The molecule has 3 nitrogen and oxygen atoms in total. The molecule has 0 unspecified atom stereocenters. The van der Waals surface area contributed by atoms with Gasteiger partial charge in [0, 0.05) is 13.7 Å². The first kappa shape index (κ1) is 28.6. The summed E-state index contributed by atoms with van der Waals surface area (Å²) in [5.41, 5.74) is 3.92. The maximum absolute atomic E-state index is 9.64. The number of aldehydes is 1. The monoisotopic (exact) mass is 444 g/mol. The van der Waals surface area contributed by atoms with Crippen LogP contribution in [0, 0.1) is 17.8 Å². The van der Waals surface area contributed by atoms with E-state index in [-0.39, 0.29) is 6.61 Å². The molecule has 1 N–H and O–H groups in total. The van der Waals surface area contributed by atoms with Crippen molar-refractivity contribution in [2.75, 3.05) is 13.7 Å². The molecule has 2 aliphatic rings. The van der Waals surface area contributed by atoms with E-state index in [4.69, 9.17) is 9.53 Å². The van der Waals surface area contributed by atoms with Gasteiger partial charge in [-0.15, -0.1) is 6.58 Å². The summed E-state index contributed by atoms with van der Waals surface area (Å²) in [6, 6.07) is 6.82. The van der Waals surface area contributed by atoms with Crippen molar-refractivity contribution in [3.63, 3.8) is 0 Å². The molecule has 2 aliphatic carbocycles. The highest BCUT2D eigenvalue weighted by Crippen LogP contribution is 2.44. The number of aryl methyl sites for hydroxylation is 1. The molecule has 182 valence electrons. The summed E-state index contributed by atoms with van der Waals surface area (Å²) in [4.78, 5) is 8.81. The highest BCUT2D eigenvalue weighted by Gasteiger charge is 2.30. The predicted octanol–water partition coefficient (Wildman–Crippen LogP) is 7.26. The van der Waals surface area contributed by atoms with Gasteiger partial charge in [0.05, 0.1) is 6.61 Å². The SMILES string of the molecule is C=CC.CC=O.COCCCc1cc(C2CCC(C3CCC(C)CC3)CC2)ccc1CO. The van der Waals surface area contributed by atoms with E-state index in [9.17, 15) is 5.11 Å². The van der Waals surface area contributed by atoms with Crippen LogP contribution >= 0.6 is 0 Å². The zero-order chi connectivity index (χ0) is 23.8. The predicted molar refractivity (Wildman–Crippen MR) is 136 cm³/mol. The smallest absolute Gasteiger partial charge is 0.116 e. The third-order valence-corrected chi connectivity index (χ3v) is 7.17. The minimum absolute atomic E-state index is 0.148. The van der Waals surface area contributed by atoms with E-state index in [0.29, 0.717) is 0 Å². The van der Waals surface area contributed by atoms with E-state index in [1.165, 1.54) is 69.4 Å². The van der Waals surface area contributed by atoms with Crippen molar-refractivity contribution in [3.8, 4) is 0 Å². The Morgan fingerprint density at radius 1 is 1.00 bits per heavy atom. The molecule has 0 bridgehead atoms. The molecule has 0 atom stereocenters. The van der Waals surface area contributed by atoms with Gasteiger partial charge < -0.3 is 14.6 Å². The molecule has 0 aromatic heterocycles. The summed E-state index contributed by atoms with van der Waals surface area (Å²) in [6.45, 7) is 10.1. The lowest BCUT2D eigenvalue weighted by Gasteiger charge is -2.37. The van der Waals surface area contributed by atoms with E-state index >= 15 is 0 Å². The van der Waals surface area contributed by atoms with Gasteiger partial charge in [0.1, 0.15) is 6.29 Å². The fraction of sp³-hybridized carbons (Fsp3) is 0.690. The molecule has 3 heteroatoms. The number of carbonyl (C=O) groups is 1. The van der Waals surface area contributed by atoms with Crippen LogP contribution in [0.5, 0.6) is 0 Å². The van der Waals surface area contributed by atoms with Crippen LogP contribution in [0.25, 0.3) is 0 Å². The number of aliphatic hydroxyl groups is 1. The van der Waals surface area contributed by atoms with Crippen LogP contribution in [-0.4, -0.2) is 25.1 Å². The van der Waals surface area contributed by atoms with Crippen LogP contribution in [0.2, 0.25) is 0 Å². The van der Waals surface area contributed by atoms with Crippen LogP contribution in [0.1, 0.15) is 101 Å². The summed E-state index contributed by atoms with van der Waals surface area (Å²) in [7, 11) is 1.76. The molecule has 1 aromatic rings. The van der Waals surface area contributed by atoms with Crippen LogP contribution in [0.4, 0.5) is 0 Å². The Bertz CT molecular complexity index is 617. The lowest BCUT2D eigenvalue weighted by molar-refractivity contribution is -0.106. The van der Waals surface area contributed by atoms with Gasteiger partial charge in [0.2, 0.25) is 0 Å². The Morgan fingerprint density at radius 2 is 1.53 bits per heavy atom. The summed E-state index contributed by atoms with van der Waals surface area (Å²) < 4.78 is 5.20. The number of ether oxygens (including phenoxy) is 1. The van der Waals surface area contributed by atoms with Crippen molar-refractivity contribution in [2.45, 2.75) is 97.5 Å². The van der Waals surface area contributed by atoms with Crippen molar-refractivity contribution in [1.29, 1.82) is 0 Å². The second-order valence-electron chi connectivity index (χ2n) is 9.56. The molecule has 0 heterocycles. The maximum atomic E-state index is 9.64. The highest BCUT2D eigenvalue weighted by atomic mass is 16.5. The Hall–Kier alpha value is -1.45. The number of benzene rings is 1. The van der Waals surface area contributed by atoms with E-state index < -0.39 is 0 Å². The molecule has 0 aliphatic heterocycles. The normalized spacial score (nSPS) is 24.9. The zero-order valence-corrected chi connectivity index (χ0v) is 21.2. The number of allylic oxidation sites excluding steroid dienone is 1. The van der Waals surface area contributed by atoms with Crippen molar-refractivity contribution in [3.05, 3.63) is 47.5 Å². The van der Waals surface area contributed by atoms with E-state index in [1.54, 1.807) is 13.2 Å². The first-order valence-electron chi connectivity index (χ1n) is 12.7. The molecule has 32 heavy (non-hydrogen) atoms. The van der Waals surface area contributed by atoms with Crippen LogP contribution in [0.15, 0.2) is 30.9 Å². The van der Waals surface area contributed by atoms with Gasteiger partial charge in [0.15, 0.2) is 0 Å². The van der Waals surface area contributed by atoms with Crippen molar-refractivity contribution in [1.82, 2.24) is 0 Å². The molecular weight excluding hydrogens is 396 g/mol. The molecule has 2 fully saturated rings. The average molecular weight is 445 g/mol. The standard InChI is InChI=1S/C24H38O2.C3H6.C2H4O/c1-18-5-7-19(8-6-18)20-9-11-21(12-10-20)23-13-14-24(17-25)22(16-23)4-3-15-26-2;1-3-2;1-2-3/h13-14,16,18-21,25H,3-12,15,17H2,1-2H3;3H,1H2,2H3;2H,1H3. The minimum Gasteiger partial charge on any atom is -0.392 e. The number of methoxy groups -OCH3 is 1. The first-order valence-corrected chi connectivity index (χ1v) is 12.7. The molecule has 2 saturated carbocycles. The van der Waals surface area contributed by atoms with Gasteiger partial charge in [-0.25, -0.2) is 0 Å². The van der Waals surface area contributed by atoms with Gasteiger partial charge in [-0.3, -0.25) is 0 Å². The largest absolute Gasteiger partial charge is 0.392 e. The Balaban J connectivity index is 0.000000769. The zero-order valence-electron chi connectivity index (χ0n) is 21.2. The lowest BCUT2D eigenvalue weighted by Crippen LogP contribution is -2.24. The summed E-state index contributed by atoms with van der Waals surface area (Å²) in [5, 5.41) is 9.64. The second-order valence-corrected chi connectivity index (χ2v) is 9.56. The van der Waals surface area contributed by atoms with E-state index in [0.717, 1.165) is 55.0 Å². The Labute approximate surface area is 197 Å². The Kier molecular flexibility index (Phi) is 15.3. The molecule has 3 rings (SSSR count). The van der Waals surface area contributed by atoms with Gasteiger partial charge in [-0.1, -0.05) is 44.0 Å². The third kappa shape index (κ3) is 10.0. The fourth-order valence-electron chi connectivity index (χ4n) is 5.37. The van der Waals surface area contributed by atoms with Gasteiger partial charge in [-0.2, -0.15) is 0 Å². The Morgan fingerprint density at radius 3 is 2.03 bits per heavy atom.